The molecule has 4 bridgehead atoms. The third kappa shape index (κ3) is 3.98. The third-order valence-corrected chi connectivity index (χ3v) is 4.76. The first-order valence-electron chi connectivity index (χ1n) is 8.89. The predicted molar refractivity (Wildman–Crippen MR) is 88.9 cm³/mol. The van der Waals surface area contributed by atoms with Gasteiger partial charge in [-0.2, -0.15) is 26.3 Å². The Labute approximate surface area is 165 Å². The number of pyridine rings is 1. The number of carbonyl (C=O) groups is 1. The van der Waals surface area contributed by atoms with Gasteiger partial charge in [0.15, 0.2) is 11.5 Å². The number of rotatable bonds is 0. The summed E-state index contributed by atoms with van der Waals surface area (Å²) < 4.78 is 85.5. The maximum atomic E-state index is 13.5. The van der Waals surface area contributed by atoms with E-state index in [0.29, 0.717) is 6.07 Å². The number of Topliss-reactive ketones (excluding diaryl/α,β-unsaturated/α-hetero) is 1. The van der Waals surface area contributed by atoms with Crippen LogP contribution in [0.4, 0.5) is 32.0 Å². The minimum atomic E-state index is -5.14. The maximum absolute atomic E-state index is 13.5. The smallest absolute Gasteiger partial charge is 0.416 e. The highest BCUT2D eigenvalue weighted by atomic mass is 19.4. The van der Waals surface area contributed by atoms with E-state index in [2.05, 4.69) is 15.2 Å². The van der Waals surface area contributed by atoms with Gasteiger partial charge in [0.25, 0.3) is 11.8 Å². The normalized spacial score (nSPS) is 21.4. The fourth-order valence-corrected chi connectivity index (χ4v) is 3.12. The highest BCUT2D eigenvalue weighted by molar-refractivity contribution is 5.97. The number of aliphatic hydroxyl groups is 1. The number of nitrogens with two attached hydrogens (primary N) is 1. The Morgan fingerprint density at radius 1 is 1.03 bits per heavy atom. The lowest BCUT2D eigenvalue weighted by molar-refractivity contribution is -0.277. The predicted octanol–water partition coefficient (Wildman–Crippen LogP) is 4.02. The van der Waals surface area contributed by atoms with Crippen LogP contribution in [0.2, 0.25) is 0 Å². The molecule has 2 aromatic rings. The van der Waals surface area contributed by atoms with Gasteiger partial charge in [-0.3, -0.25) is 4.79 Å². The minimum absolute atomic E-state index is 0.0958. The van der Waals surface area contributed by atoms with Crippen molar-refractivity contribution >= 4 is 11.5 Å². The molecule has 30 heavy (non-hydrogen) atoms. The van der Waals surface area contributed by atoms with Crippen LogP contribution >= 0.6 is 0 Å². The molecule has 3 heterocycles. The topological polar surface area (TPSA) is 115 Å². The quantitative estimate of drug-likeness (QED) is 0.597. The monoisotopic (exact) mass is 438 g/mol. The molecule has 0 aromatic carbocycles. The molecule has 7 nitrogen and oxygen atoms in total. The van der Waals surface area contributed by atoms with Crippen LogP contribution in [0.3, 0.4) is 0 Å². The Morgan fingerprint density at radius 2 is 1.70 bits per heavy atom. The molecule has 0 fully saturated rings. The molecule has 1 atom stereocenters. The second-order valence-corrected chi connectivity index (χ2v) is 6.93. The van der Waals surface area contributed by atoms with Crippen molar-refractivity contribution in [2.75, 3.05) is 5.73 Å². The number of hydrogen-bond donors (Lipinski definition) is 2. The van der Waals surface area contributed by atoms with Gasteiger partial charge in [0.05, 0.1) is 11.3 Å². The summed E-state index contributed by atoms with van der Waals surface area (Å²) in [5.74, 6) is -2.83. The van der Waals surface area contributed by atoms with Crippen molar-refractivity contribution in [1.82, 2.24) is 15.2 Å². The van der Waals surface area contributed by atoms with Crippen molar-refractivity contribution in [3.05, 3.63) is 23.2 Å². The van der Waals surface area contributed by atoms with Gasteiger partial charge < -0.3 is 15.3 Å². The second-order valence-electron chi connectivity index (χ2n) is 6.93. The number of fused-ring (bicyclic) bond motifs is 5. The Kier molecular flexibility index (Phi) is 5.52. The lowest BCUT2D eigenvalue weighted by atomic mass is 9.94. The van der Waals surface area contributed by atoms with E-state index >= 15 is 0 Å². The summed E-state index contributed by atoms with van der Waals surface area (Å²) in [6.07, 6.45) is -10.6. The molecule has 0 amide bonds. The molecule has 0 saturated heterocycles. The van der Waals surface area contributed by atoms with Crippen molar-refractivity contribution < 1.29 is 40.7 Å². The van der Waals surface area contributed by atoms with Crippen molar-refractivity contribution in [1.29, 1.82) is 0 Å². The third-order valence-electron chi connectivity index (χ3n) is 4.76. The molecular formula is C17H16F6N4O3. The number of nitrogens with zero attached hydrogens (tertiary/aromatic N) is 3. The first-order valence-corrected chi connectivity index (χ1v) is 8.89. The number of aromatic nitrogens is 3. The lowest BCUT2D eigenvalue weighted by Crippen LogP contribution is -2.42. The summed E-state index contributed by atoms with van der Waals surface area (Å²) in [7, 11) is 0. The zero-order chi connectivity index (χ0) is 22.3. The minimum Gasteiger partial charge on any atom is -0.416 e. The summed E-state index contributed by atoms with van der Waals surface area (Å²) in [5.41, 5.74) is -1.37. The molecular weight excluding hydrogens is 422 g/mol. The average Bonchev–Trinajstić information content (AvgIpc) is 3.11. The van der Waals surface area contributed by atoms with Gasteiger partial charge in [-0.1, -0.05) is 12.8 Å². The van der Waals surface area contributed by atoms with Crippen LogP contribution in [-0.2, 0) is 11.8 Å². The number of nitrogen functional groups attached to an aromatic ring is 1. The van der Waals surface area contributed by atoms with E-state index < -0.39 is 64.6 Å². The van der Waals surface area contributed by atoms with Crippen LogP contribution in [0, 0.1) is 0 Å². The van der Waals surface area contributed by atoms with E-state index in [0.717, 1.165) is 0 Å². The highest BCUT2D eigenvalue weighted by Gasteiger charge is 2.58. The number of alkyl halides is 6. The van der Waals surface area contributed by atoms with Crippen molar-refractivity contribution in [3.8, 4) is 11.6 Å². The summed E-state index contributed by atoms with van der Waals surface area (Å²) in [6, 6.07) is 0.446. The zero-order valence-corrected chi connectivity index (χ0v) is 15.3. The molecule has 0 radical (unpaired) electrons. The average molecular weight is 438 g/mol. The van der Waals surface area contributed by atoms with Gasteiger partial charge in [0.1, 0.15) is 5.69 Å². The Bertz CT molecular complexity index is 956. The van der Waals surface area contributed by atoms with E-state index in [-0.39, 0.29) is 32.1 Å². The summed E-state index contributed by atoms with van der Waals surface area (Å²) in [6.45, 7) is 0. The Hall–Kier alpha value is -2.70. The Morgan fingerprint density at radius 3 is 2.33 bits per heavy atom. The second kappa shape index (κ2) is 7.52. The lowest BCUT2D eigenvalue weighted by Gasteiger charge is -2.26. The maximum Gasteiger partial charge on any atom is 0.426 e. The number of ketones is 1. The van der Waals surface area contributed by atoms with Crippen molar-refractivity contribution in [2.45, 2.75) is 56.5 Å². The van der Waals surface area contributed by atoms with Crippen LogP contribution in [0.25, 0.3) is 11.6 Å². The van der Waals surface area contributed by atoms with Crippen LogP contribution < -0.4 is 5.73 Å². The van der Waals surface area contributed by atoms with Gasteiger partial charge in [-0.25, -0.2) is 4.98 Å². The molecule has 1 aliphatic rings. The fraction of sp³-hybridized carbons (Fsp3) is 0.529. The van der Waals surface area contributed by atoms with Crippen molar-refractivity contribution in [3.63, 3.8) is 0 Å². The SMILES string of the molecule is Nc1cc(C(F)(F)F)c2nc1-c1nnc(o1)[C@](O)(C(F)(F)F)CCCCCCC2=O. The highest BCUT2D eigenvalue weighted by Crippen LogP contribution is 2.43. The molecule has 0 spiro atoms. The summed E-state index contributed by atoms with van der Waals surface area (Å²) >= 11 is 0. The van der Waals surface area contributed by atoms with E-state index in [9.17, 15) is 36.2 Å². The van der Waals surface area contributed by atoms with E-state index in [4.69, 9.17) is 10.2 Å². The standard InChI is InChI=1S/C17H16F6N4O3/c18-16(19,20)8-7-9(24)12-13-26-27-14(30-13)15(29,17(21,22)23)6-4-2-1-3-5-10(28)11(8)25-12/h7,29H,1-6,24H2/t15-/m0/s1. The molecule has 0 unspecified atom stereocenters. The van der Waals surface area contributed by atoms with Gasteiger partial charge >= 0.3 is 12.4 Å². The molecule has 1 aliphatic heterocycles. The summed E-state index contributed by atoms with van der Waals surface area (Å²) in [4.78, 5) is 16.0. The van der Waals surface area contributed by atoms with E-state index in [1.165, 1.54) is 0 Å². The molecule has 3 rings (SSSR count). The molecule has 13 heteroatoms. The molecule has 0 saturated carbocycles. The van der Waals surface area contributed by atoms with Crippen LogP contribution in [-0.4, -0.2) is 32.2 Å². The van der Waals surface area contributed by atoms with Crippen LogP contribution in [0.1, 0.15) is 60.5 Å². The van der Waals surface area contributed by atoms with E-state index in [1.807, 2.05) is 0 Å². The van der Waals surface area contributed by atoms with Crippen LogP contribution in [0.5, 0.6) is 0 Å². The van der Waals surface area contributed by atoms with Gasteiger partial charge in [0.2, 0.25) is 5.60 Å². The number of anilines is 1. The van der Waals surface area contributed by atoms with Gasteiger partial charge in [-0.15, -0.1) is 10.2 Å². The largest absolute Gasteiger partial charge is 0.426 e. The van der Waals surface area contributed by atoms with Gasteiger partial charge in [0, 0.05) is 6.42 Å². The van der Waals surface area contributed by atoms with Crippen molar-refractivity contribution in [2.24, 2.45) is 0 Å². The van der Waals surface area contributed by atoms with Crippen LogP contribution in [0.15, 0.2) is 10.5 Å². The summed E-state index contributed by atoms with van der Waals surface area (Å²) in [5, 5.41) is 16.8. The van der Waals surface area contributed by atoms with Gasteiger partial charge in [-0.05, 0) is 25.3 Å². The zero-order valence-electron chi connectivity index (χ0n) is 15.3. The number of halogens is 6. The number of carbonyl (C=O) groups excluding carboxylic acids is 1. The Balaban J connectivity index is 2.20. The first kappa shape index (κ1) is 22.0. The number of hydrogen-bond acceptors (Lipinski definition) is 7. The molecule has 3 N–H and O–H groups in total. The molecule has 2 aromatic heterocycles. The van der Waals surface area contributed by atoms with E-state index in [1.54, 1.807) is 0 Å². The molecule has 164 valence electrons. The fourth-order valence-electron chi connectivity index (χ4n) is 3.12. The molecule has 0 aliphatic carbocycles. The first-order chi connectivity index (χ1) is 13.8.